The van der Waals surface area contributed by atoms with E-state index in [9.17, 15) is 32.3 Å². The normalized spacial score (nSPS) is 18.9. The molecule has 3 N–H and O–H groups in total. The van der Waals surface area contributed by atoms with Gasteiger partial charge in [0.15, 0.2) is 21.8 Å². The van der Waals surface area contributed by atoms with Crippen molar-refractivity contribution in [3.8, 4) is 17.0 Å². The van der Waals surface area contributed by atoms with E-state index in [0.717, 1.165) is 29.2 Å². The molecule has 1 saturated heterocycles. The molecule has 3 aromatic rings. The predicted molar refractivity (Wildman–Crippen MR) is 134 cm³/mol. The van der Waals surface area contributed by atoms with Crippen molar-refractivity contribution in [1.29, 1.82) is 0 Å². The van der Waals surface area contributed by atoms with Gasteiger partial charge in [0.25, 0.3) is 5.91 Å². The van der Waals surface area contributed by atoms with E-state index in [1.165, 1.54) is 19.1 Å². The van der Waals surface area contributed by atoms with Gasteiger partial charge < -0.3 is 24.9 Å². The molecule has 9 nitrogen and oxygen atoms in total. The molecule has 40 heavy (non-hydrogen) atoms. The Kier molecular flexibility index (Phi) is 7.82. The average Bonchev–Trinajstić information content (AvgIpc) is 3.26. The van der Waals surface area contributed by atoms with Crippen LogP contribution in [0.2, 0.25) is 0 Å². The lowest BCUT2D eigenvalue weighted by Gasteiger charge is -2.49. The molecule has 2 amide bonds. The van der Waals surface area contributed by atoms with Crippen LogP contribution in [0.4, 0.5) is 26.7 Å². The zero-order chi connectivity index (χ0) is 29.6. The minimum atomic E-state index is -4.56. The van der Waals surface area contributed by atoms with Gasteiger partial charge in [-0.2, -0.15) is 13.2 Å². The smallest absolute Gasteiger partial charge is 0.416 e. The molecule has 1 aliphatic heterocycles. The number of piperazine rings is 1. The average molecular weight is 633 g/mol. The molecule has 1 aliphatic rings. The number of carbonyl (C=O) groups is 2. The van der Waals surface area contributed by atoms with Crippen molar-refractivity contribution in [1.82, 2.24) is 14.8 Å². The number of hydrogen-bond donors (Lipinski definition) is 2. The number of halogens is 6. The molecule has 0 bridgehead atoms. The number of benzene rings is 2. The summed E-state index contributed by atoms with van der Waals surface area (Å²) in [5.41, 5.74) is 1.78. The molecule has 2 unspecified atom stereocenters. The highest BCUT2D eigenvalue weighted by Crippen LogP contribution is 2.42. The van der Waals surface area contributed by atoms with Crippen LogP contribution >= 0.6 is 15.9 Å². The van der Waals surface area contributed by atoms with E-state index in [1.807, 2.05) is 0 Å². The van der Waals surface area contributed by atoms with Gasteiger partial charge in [-0.1, -0.05) is 12.1 Å². The highest BCUT2D eigenvalue weighted by molar-refractivity contribution is 9.10. The minimum absolute atomic E-state index is 0.00336. The van der Waals surface area contributed by atoms with Crippen LogP contribution in [0, 0.1) is 11.6 Å². The maximum Gasteiger partial charge on any atom is 0.416 e. The van der Waals surface area contributed by atoms with E-state index in [4.69, 9.17) is 14.9 Å². The Labute approximate surface area is 232 Å². The molecule has 2 atom stereocenters. The third-order valence-electron chi connectivity index (χ3n) is 6.65. The van der Waals surface area contributed by atoms with Crippen LogP contribution < -0.4 is 10.5 Å². The molecule has 0 spiro atoms. The van der Waals surface area contributed by atoms with Crippen LogP contribution in [-0.2, 0) is 11.7 Å². The lowest BCUT2D eigenvalue weighted by atomic mass is 9.87. The molecule has 2 aromatic carbocycles. The van der Waals surface area contributed by atoms with Crippen LogP contribution in [-0.4, -0.2) is 64.7 Å². The quantitative estimate of drug-likeness (QED) is 0.363. The van der Waals surface area contributed by atoms with Gasteiger partial charge in [-0.15, -0.1) is 0 Å². The third kappa shape index (κ3) is 5.22. The summed E-state index contributed by atoms with van der Waals surface area (Å²) in [5.74, 6) is -4.73. The zero-order valence-corrected chi connectivity index (χ0v) is 22.5. The first-order valence-electron chi connectivity index (χ1n) is 11.6. The van der Waals surface area contributed by atoms with Crippen LogP contribution in [0.15, 0.2) is 45.5 Å². The molecule has 214 valence electrons. The Balaban J connectivity index is 1.83. The van der Waals surface area contributed by atoms with Gasteiger partial charge in [-0.3, -0.25) is 9.69 Å². The van der Waals surface area contributed by atoms with Gasteiger partial charge in [-0.25, -0.2) is 18.6 Å². The van der Waals surface area contributed by atoms with Crippen molar-refractivity contribution in [2.75, 3.05) is 26.7 Å². The SMILES string of the molecule is CC(Oc1ccc(F)c(C(N)=O)c1F)C1(c2nc(-c3ccc(C(F)(F)F)cc3)c(Br)o2)CN(C)CCN1C(=O)O. The topological polar surface area (TPSA) is 122 Å². The summed E-state index contributed by atoms with van der Waals surface area (Å²) in [5, 5.41) is 10.1. The lowest BCUT2D eigenvalue weighted by molar-refractivity contribution is -0.137. The zero-order valence-electron chi connectivity index (χ0n) is 20.9. The number of carboxylic acid groups (broad SMARTS) is 1. The summed E-state index contributed by atoms with van der Waals surface area (Å²) >= 11 is 3.21. The number of aromatic nitrogens is 1. The largest absolute Gasteiger partial charge is 0.485 e. The summed E-state index contributed by atoms with van der Waals surface area (Å²) in [6, 6.07) is 5.81. The van der Waals surface area contributed by atoms with Gasteiger partial charge in [0.05, 0.1) is 5.56 Å². The molecule has 1 aromatic heterocycles. The number of oxazole rings is 1. The predicted octanol–water partition coefficient (Wildman–Crippen LogP) is 5.09. The fourth-order valence-electron chi connectivity index (χ4n) is 4.64. The van der Waals surface area contributed by atoms with E-state index in [0.29, 0.717) is 6.54 Å². The van der Waals surface area contributed by atoms with Crippen molar-refractivity contribution in [3.05, 3.63) is 69.7 Å². The van der Waals surface area contributed by atoms with Gasteiger partial charge in [0.1, 0.15) is 23.2 Å². The number of likely N-dealkylation sites (N-methyl/N-ethyl adjacent to an activating group) is 1. The number of nitrogens with two attached hydrogens (primary N) is 1. The Morgan fingerprint density at radius 1 is 1.18 bits per heavy atom. The van der Waals surface area contributed by atoms with Gasteiger partial charge in [0, 0.05) is 25.2 Å². The van der Waals surface area contributed by atoms with Crippen molar-refractivity contribution in [2.45, 2.75) is 24.7 Å². The van der Waals surface area contributed by atoms with Gasteiger partial charge in [-0.05, 0) is 54.2 Å². The fraction of sp³-hybridized carbons (Fsp3) is 0.320. The van der Waals surface area contributed by atoms with Gasteiger partial charge in [0.2, 0.25) is 5.89 Å². The van der Waals surface area contributed by atoms with Gasteiger partial charge >= 0.3 is 12.3 Å². The lowest BCUT2D eigenvalue weighted by Crippen LogP contribution is -2.66. The summed E-state index contributed by atoms with van der Waals surface area (Å²) in [6.45, 7) is 1.61. The van der Waals surface area contributed by atoms with E-state index in [2.05, 4.69) is 20.9 Å². The monoisotopic (exact) mass is 632 g/mol. The summed E-state index contributed by atoms with van der Waals surface area (Å²) < 4.78 is 79.9. The summed E-state index contributed by atoms with van der Waals surface area (Å²) in [4.78, 5) is 31.2. The number of primary amides is 1. The van der Waals surface area contributed by atoms with Crippen LogP contribution in [0.1, 0.15) is 28.7 Å². The number of rotatable bonds is 6. The third-order valence-corrected chi connectivity index (χ3v) is 7.19. The highest BCUT2D eigenvalue weighted by atomic mass is 79.9. The second-order valence-electron chi connectivity index (χ2n) is 9.17. The highest BCUT2D eigenvalue weighted by Gasteiger charge is 2.55. The first kappa shape index (κ1) is 29.3. The summed E-state index contributed by atoms with van der Waals surface area (Å²) in [7, 11) is 1.69. The van der Waals surface area contributed by atoms with Crippen LogP contribution in [0.3, 0.4) is 0 Å². The fourth-order valence-corrected chi connectivity index (χ4v) is 5.11. The second kappa shape index (κ2) is 10.7. The van der Waals surface area contributed by atoms with Crippen molar-refractivity contribution < 1.29 is 45.8 Å². The van der Waals surface area contributed by atoms with E-state index in [1.54, 1.807) is 11.9 Å². The first-order valence-corrected chi connectivity index (χ1v) is 12.4. The molecular formula is C25H22BrF5N4O5. The number of alkyl halides is 3. The Bertz CT molecular complexity index is 1450. The molecule has 2 heterocycles. The van der Waals surface area contributed by atoms with Crippen LogP contribution in [0.25, 0.3) is 11.3 Å². The first-order chi connectivity index (χ1) is 18.7. The van der Waals surface area contributed by atoms with E-state index < -0.39 is 58.3 Å². The number of ether oxygens (including phenoxy) is 1. The van der Waals surface area contributed by atoms with E-state index in [-0.39, 0.29) is 34.9 Å². The Morgan fingerprint density at radius 2 is 1.82 bits per heavy atom. The Morgan fingerprint density at radius 3 is 2.40 bits per heavy atom. The van der Waals surface area contributed by atoms with Crippen molar-refractivity contribution in [2.24, 2.45) is 5.73 Å². The number of carbonyl (C=O) groups excluding carboxylic acids is 1. The molecular weight excluding hydrogens is 611 g/mol. The number of hydrogen-bond acceptors (Lipinski definition) is 6. The van der Waals surface area contributed by atoms with Crippen molar-refractivity contribution in [3.63, 3.8) is 0 Å². The molecule has 4 rings (SSSR count). The maximum absolute atomic E-state index is 15.0. The Hall–Kier alpha value is -3.72. The molecule has 0 saturated carbocycles. The number of amides is 2. The summed E-state index contributed by atoms with van der Waals surface area (Å²) in [6.07, 6.45) is -7.20. The van der Waals surface area contributed by atoms with Crippen molar-refractivity contribution >= 4 is 27.9 Å². The molecule has 1 fully saturated rings. The molecule has 0 radical (unpaired) electrons. The standard InChI is InChI=1S/C25H22BrF5N4O5/c1-12(39-16-8-7-15(27)17(18(16)28)21(32)36)24(11-34(2)9-10-35(24)23(37)38)22-33-19(20(26)40-22)13-3-5-14(6-4-13)25(29,30)31/h3-8,12H,9-11H2,1-2H3,(H2,32,36)(H,37,38). The minimum Gasteiger partial charge on any atom is -0.485 e. The van der Waals surface area contributed by atoms with E-state index >= 15 is 4.39 Å². The molecule has 0 aliphatic carbocycles. The maximum atomic E-state index is 15.0. The second-order valence-corrected chi connectivity index (χ2v) is 9.89. The number of nitrogens with zero attached hydrogens (tertiary/aromatic N) is 3. The van der Waals surface area contributed by atoms with Crippen LogP contribution in [0.5, 0.6) is 5.75 Å². The molecule has 15 heteroatoms.